The first-order valence-corrected chi connectivity index (χ1v) is 22.0. The van der Waals surface area contributed by atoms with Crippen molar-refractivity contribution in [3.63, 3.8) is 0 Å². The Hall–Kier alpha value is -5.04. The van der Waals surface area contributed by atoms with Crippen molar-refractivity contribution in [1.82, 2.24) is 19.5 Å². The molecule has 54 heavy (non-hydrogen) atoms. The van der Waals surface area contributed by atoms with Gasteiger partial charge in [-0.15, -0.1) is 48.0 Å². The van der Waals surface area contributed by atoms with Crippen LogP contribution < -0.4 is 5.19 Å². The van der Waals surface area contributed by atoms with E-state index >= 15 is 0 Å². The number of para-hydroxylation sites is 2. The van der Waals surface area contributed by atoms with Gasteiger partial charge in [0.25, 0.3) is 0 Å². The second kappa shape index (κ2) is 15.4. The van der Waals surface area contributed by atoms with Gasteiger partial charge in [-0.05, 0) is 72.0 Å². The molecule has 0 amide bonds. The molecule has 5 aromatic carbocycles. The van der Waals surface area contributed by atoms with Crippen molar-refractivity contribution in [1.29, 1.82) is 0 Å². The zero-order chi connectivity index (χ0) is 39.2. The predicted molar refractivity (Wildman–Crippen MR) is 227 cm³/mol. The summed E-state index contributed by atoms with van der Waals surface area (Å²) >= 11 is 1.73. The molecule has 0 N–H and O–H groups in total. The molecule has 269 valence electrons. The summed E-state index contributed by atoms with van der Waals surface area (Å²) in [5.74, 6) is 0.826. The smallest absolute Gasteiger partial charge is 0.0795 e. The van der Waals surface area contributed by atoms with Gasteiger partial charge < -0.3 is 9.55 Å². The Labute approximate surface area is 340 Å². The molecule has 0 saturated heterocycles. The van der Waals surface area contributed by atoms with Gasteiger partial charge in [0.15, 0.2) is 0 Å². The summed E-state index contributed by atoms with van der Waals surface area (Å²) in [6, 6.07) is 49.0. The van der Waals surface area contributed by atoms with E-state index < -0.39 is 14.9 Å². The van der Waals surface area contributed by atoms with Gasteiger partial charge in [-0.3, -0.25) is 9.97 Å². The van der Waals surface area contributed by atoms with Gasteiger partial charge in [0.2, 0.25) is 0 Å². The molecule has 0 aliphatic rings. The third-order valence-electron chi connectivity index (χ3n) is 9.37. The van der Waals surface area contributed by atoms with Gasteiger partial charge in [0, 0.05) is 52.2 Å². The number of hydrogen-bond donors (Lipinski definition) is 0. The minimum Gasteiger partial charge on any atom is -0.333 e. The maximum absolute atomic E-state index is 7.76. The molecular formula is C47H40IrN4SSi-2. The van der Waals surface area contributed by atoms with Crippen molar-refractivity contribution in [2.75, 3.05) is 0 Å². The van der Waals surface area contributed by atoms with Crippen LogP contribution in [0.1, 0.15) is 21.1 Å². The van der Waals surface area contributed by atoms with Crippen molar-refractivity contribution >= 4 is 55.8 Å². The van der Waals surface area contributed by atoms with E-state index in [4.69, 9.17) is 9.10 Å². The molecule has 9 rings (SSSR count). The standard InChI is InChI=1S/C33H24N3S.C14H16NSi.Ir/c1-20-12-14-23(15-13-20)25-16-17-27(32-31(25)26-8-4-7-11-30(26)37-32)33-35-28-9-5-6-10-29(28)36(33)24-18-21(2)34-22(3)19-24;1-16(2,3)13-9-10-14(15-11-13)12-7-5-4-6-8-12;/h4-16,18-19H,1-3H3;4-7,9-11H,1-3H3;/q2*-1;/i1D3;;. The number of benzene rings is 5. The van der Waals surface area contributed by atoms with E-state index in [0.717, 1.165) is 77.4 Å². The van der Waals surface area contributed by atoms with E-state index in [9.17, 15) is 0 Å². The molecule has 0 fully saturated rings. The summed E-state index contributed by atoms with van der Waals surface area (Å²) in [4.78, 5) is 14.3. The van der Waals surface area contributed by atoms with E-state index in [1.807, 2.05) is 80.7 Å². The van der Waals surface area contributed by atoms with Crippen molar-refractivity contribution in [2.24, 2.45) is 0 Å². The topological polar surface area (TPSA) is 43.6 Å². The Morgan fingerprint density at radius 1 is 0.778 bits per heavy atom. The van der Waals surface area contributed by atoms with Crippen LogP contribution in [0.5, 0.6) is 0 Å². The van der Waals surface area contributed by atoms with Crippen molar-refractivity contribution in [3.05, 3.63) is 163 Å². The Morgan fingerprint density at radius 3 is 2.22 bits per heavy atom. The molecule has 0 atom stereocenters. The second-order valence-electron chi connectivity index (χ2n) is 14.3. The van der Waals surface area contributed by atoms with Crippen molar-refractivity contribution in [2.45, 2.75) is 40.3 Å². The van der Waals surface area contributed by atoms with Gasteiger partial charge in [-0.1, -0.05) is 114 Å². The zero-order valence-electron chi connectivity index (χ0n) is 33.7. The van der Waals surface area contributed by atoms with Crippen molar-refractivity contribution in [3.8, 4) is 39.5 Å². The third-order valence-corrected chi connectivity index (χ3v) is 12.6. The minimum atomic E-state index is -2.14. The number of imidazole rings is 1. The second-order valence-corrected chi connectivity index (χ2v) is 20.4. The summed E-state index contributed by atoms with van der Waals surface area (Å²) in [6.45, 7) is 8.88. The van der Waals surface area contributed by atoms with Crippen LogP contribution in [-0.4, -0.2) is 27.6 Å². The number of thiophene rings is 1. The Kier molecular flexibility index (Phi) is 9.54. The monoisotopic (exact) mass is 916 g/mol. The molecule has 0 saturated carbocycles. The molecule has 1 radical (unpaired) electrons. The maximum atomic E-state index is 7.76. The predicted octanol–water partition coefficient (Wildman–Crippen LogP) is 11.9. The largest absolute Gasteiger partial charge is 0.333 e. The SMILES string of the molecule is C[Si](C)(C)c1ccc(-c2[c-]cccc2)nc1.[2H]C([2H])([2H])c1ccc(-c2c[c-]c(-c3nc4ccccc4n3-c3cc(C)nc(C)c3)c3sc4ccccc4c23)cc1.[Ir]. The van der Waals surface area contributed by atoms with Crippen LogP contribution in [0.3, 0.4) is 0 Å². The minimum absolute atomic E-state index is 0. The molecule has 4 heterocycles. The van der Waals surface area contributed by atoms with Crippen LogP contribution >= 0.6 is 11.3 Å². The average molecular weight is 916 g/mol. The van der Waals surface area contributed by atoms with Gasteiger partial charge in [0.1, 0.15) is 0 Å². The number of nitrogens with zero attached hydrogens (tertiary/aromatic N) is 4. The van der Waals surface area contributed by atoms with Crippen LogP contribution in [0, 0.1) is 32.8 Å². The fraction of sp³-hybridized carbons (Fsp3) is 0.128. The van der Waals surface area contributed by atoms with Crippen LogP contribution in [0.2, 0.25) is 19.6 Å². The first-order chi connectivity index (χ1) is 26.8. The summed E-state index contributed by atoms with van der Waals surface area (Å²) in [7, 11) is -1.23. The number of rotatable bonds is 5. The molecule has 9 aromatic rings. The fourth-order valence-electron chi connectivity index (χ4n) is 6.76. The molecular weight excluding hydrogens is 873 g/mol. The summed E-state index contributed by atoms with van der Waals surface area (Å²) in [6.07, 6.45) is 2.02. The molecule has 4 aromatic heterocycles. The maximum Gasteiger partial charge on any atom is 0.0795 e. The zero-order valence-corrected chi connectivity index (χ0v) is 34.9. The molecule has 0 aliphatic carbocycles. The van der Waals surface area contributed by atoms with Crippen LogP contribution in [0.15, 0.2) is 134 Å². The van der Waals surface area contributed by atoms with Crippen LogP contribution in [0.4, 0.5) is 0 Å². The number of hydrogen-bond acceptors (Lipinski definition) is 4. The number of aryl methyl sites for hydroxylation is 3. The summed E-state index contributed by atoms with van der Waals surface area (Å²) < 4.78 is 27.8. The first kappa shape index (κ1) is 33.5. The summed E-state index contributed by atoms with van der Waals surface area (Å²) in [5, 5.41) is 3.68. The first-order valence-electron chi connectivity index (χ1n) is 19.2. The molecule has 0 aliphatic heterocycles. The molecule has 0 spiro atoms. The van der Waals surface area contributed by atoms with Crippen molar-refractivity contribution < 1.29 is 24.2 Å². The van der Waals surface area contributed by atoms with Gasteiger partial charge >= 0.3 is 0 Å². The van der Waals surface area contributed by atoms with E-state index in [2.05, 4.69) is 101 Å². The fourth-order valence-corrected chi connectivity index (χ4v) is 9.02. The van der Waals surface area contributed by atoms with Crippen LogP contribution in [0.25, 0.3) is 70.7 Å². The third kappa shape index (κ3) is 7.38. The van der Waals surface area contributed by atoms with Gasteiger partial charge in [-0.2, -0.15) is 11.3 Å². The average Bonchev–Trinajstić information content (AvgIpc) is 3.77. The molecule has 0 bridgehead atoms. The number of pyridine rings is 2. The normalized spacial score (nSPS) is 12.4. The van der Waals surface area contributed by atoms with Crippen LogP contribution in [-0.2, 0) is 20.1 Å². The number of aromatic nitrogens is 4. The van der Waals surface area contributed by atoms with E-state index in [1.165, 1.54) is 9.89 Å². The van der Waals surface area contributed by atoms with Gasteiger partial charge in [-0.25, -0.2) is 0 Å². The van der Waals surface area contributed by atoms with Gasteiger partial charge in [0.05, 0.1) is 24.9 Å². The number of fused-ring (bicyclic) bond motifs is 4. The Balaban J connectivity index is 0.000000246. The summed E-state index contributed by atoms with van der Waals surface area (Å²) in [5.41, 5.74) is 10.2. The Bertz CT molecular complexity index is 2820. The molecule has 0 unspecified atom stereocenters. The van der Waals surface area contributed by atoms with E-state index in [0.29, 0.717) is 5.56 Å². The van der Waals surface area contributed by atoms with E-state index in [-0.39, 0.29) is 20.1 Å². The molecule has 4 nitrogen and oxygen atoms in total. The Morgan fingerprint density at radius 2 is 1.52 bits per heavy atom. The molecule has 7 heteroatoms. The van der Waals surface area contributed by atoms with E-state index in [1.54, 1.807) is 23.5 Å². The quantitative estimate of drug-likeness (QED) is 0.128.